The summed E-state index contributed by atoms with van der Waals surface area (Å²) in [5, 5.41) is 10.3. The Hall–Kier alpha value is -1.26. The lowest BCUT2D eigenvalue weighted by atomic mass is 10.1. The summed E-state index contributed by atoms with van der Waals surface area (Å²) >= 11 is 0. The van der Waals surface area contributed by atoms with Crippen molar-refractivity contribution in [2.45, 2.75) is 25.9 Å². The number of hydrogen-bond donors (Lipinski definition) is 1. The third-order valence-corrected chi connectivity index (χ3v) is 3.87. The number of hydrogen-bond acceptors (Lipinski definition) is 4. The van der Waals surface area contributed by atoms with E-state index in [0.29, 0.717) is 6.54 Å². The molecule has 104 valence electrons. The van der Waals surface area contributed by atoms with Gasteiger partial charge >= 0.3 is 0 Å². The zero-order valence-electron chi connectivity index (χ0n) is 11.3. The summed E-state index contributed by atoms with van der Waals surface area (Å²) in [6.45, 7) is 5.20. The van der Waals surface area contributed by atoms with E-state index in [-0.39, 0.29) is 6.79 Å². The molecule has 0 saturated heterocycles. The quantitative estimate of drug-likeness (QED) is 0.854. The lowest BCUT2D eigenvalue weighted by Crippen LogP contribution is -2.30. The highest BCUT2D eigenvalue weighted by Crippen LogP contribution is 2.35. The Kier molecular flexibility index (Phi) is 3.62. The van der Waals surface area contributed by atoms with Crippen LogP contribution in [0.5, 0.6) is 11.5 Å². The first kappa shape index (κ1) is 12.8. The van der Waals surface area contributed by atoms with Crippen molar-refractivity contribution in [3.63, 3.8) is 0 Å². The summed E-state index contributed by atoms with van der Waals surface area (Å²) < 4.78 is 10.6. The minimum atomic E-state index is -0.465. The molecule has 1 aromatic rings. The van der Waals surface area contributed by atoms with E-state index in [0.717, 1.165) is 36.1 Å². The summed E-state index contributed by atoms with van der Waals surface area (Å²) in [5.74, 6) is 2.35. The Labute approximate surface area is 113 Å². The van der Waals surface area contributed by atoms with Crippen molar-refractivity contribution in [2.24, 2.45) is 5.92 Å². The third kappa shape index (κ3) is 3.01. The fraction of sp³-hybridized carbons (Fsp3) is 0.600. The molecule has 4 nitrogen and oxygen atoms in total. The van der Waals surface area contributed by atoms with Crippen LogP contribution in [-0.2, 0) is 0 Å². The predicted octanol–water partition coefficient (Wildman–Crippen LogP) is 2.18. The van der Waals surface area contributed by atoms with Gasteiger partial charge in [0.25, 0.3) is 0 Å². The van der Waals surface area contributed by atoms with Crippen LogP contribution in [0.2, 0.25) is 0 Å². The maximum Gasteiger partial charge on any atom is 0.231 e. The SMILES string of the molecule is CCN(CC1CC1)CC(O)c1ccc2c(c1)OCO2. The maximum absolute atomic E-state index is 10.3. The van der Waals surface area contributed by atoms with Gasteiger partial charge < -0.3 is 19.5 Å². The van der Waals surface area contributed by atoms with Gasteiger partial charge in [-0.05, 0) is 43.0 Å². The number of aliphatic hydroxyl groups excluding tert-OH is 1. The molecule has 1 N–H and O–H groups in total. The third-order valence-electron chi connectivity index (χ3n) is 3.87. The van der Waals surface area contributed by atoms with Crippen molar-refractivity contribution in [2.75, 3.05) is 26.4 Å². The molecule has 0 bridgehead atoms. The van der Waals surface area contributed by atoms with Gasteiger partial charge in [0.1, 0.15) is 0 Å². The molecule has 1 aliphatic heterocycles. The number of benzene rings is 1. The van der Waals surface area contributed by atoms with E-state index in [1.807, 2.05) is 18.2 Å². The van der Waals surface area contributed by atoms with Crippen molar-refractivity contribution >= 4 is 0 Å². The van der Waals surface area contributed by atoms with Gasteiger partial charge in [0.15, 0.2) is 11.5 Å². The molecule has 1 aliphatic carbocycles. The van der Waals surface area contributed by atoms with Crippen LogP contribution in [0.3, 0.4) is 0 Å². The van der Waals surface area contributed by atoms with Crippen molar-refractivity contribution < 1.29 is 14.6 Å². The molecule has 19 heavy (non-hydrogen) atoms. The van der Waals surface area contributed by atoms with E-state index < -0.39 is 6.10 Å². The first-order valence-corrected chi connectivity index (χ1v) is 7.06. The molecule has 1 aromatic carbocycles. The summed E-state index contributed by atoms with van der Waals surface area (Å²) in [5.41, 5.74) is 0.901. The average molecular weight is 263 g/mol. The fourth-order valence-corrected chi connectivity index (χ4v) is 2.47. The van der Waals surface area contributed by atoms with Crippen LogP contribution >= 0.6 is 0 Å². The predicted molar refractivity (Wildman–Crippen MR) is 72.4 cm³/mol. The second-order valence-electron chi connectivity index (χ2n) is 5.42. The Morgan fingerprint density at radius 1 is 1.32 bits per heavy atom. The Morgan fingerprint density at radius 2 is 2.11 bits per heavy atom. The van der Waals surface area contributed by atoms with Gasteiger partial charge in [-0.25, -0.2) is 0 Å². The second kappa shape index (κ2) is 5.39. The van der Waals surface area contributed by atoms with Gasteiger partial charge in [-0.3, -0.25) is 0 Å². The number of rotatable bonds is 6. The summed E-state index contributed by atoms with van der Waals surface area (Å²) in [4.78, 5) is 2.33. The lowest BCUT2D eigenvalue weighted by Gasteiger charge is -2.23. The monoisotopic (exact) mass is 263 g/mol. The first-order valence-electron chi connectivity index (χ1n) is 7.06. The van der Waals surface area contributed by atoms with E-state index in [9.17, 15) is 5.11 Å². The van der Waals surface area contributed by atoms with Crippen molar-refractivity contribution in [1.29, 1.82) is 0 Å². The topological polar surface area (TPSA) is 41.9 Å². The lowest BCUT2D eigenvalue weighted by molar-refractivity contribution is 0.113. The highest BCUT2D eigenvalue weighted by atomic mass is 16.7. The smallest absolute Gasteiger partial charge is 0.231 e. The molecule has 0 amide bonds. The Balaban J connectivity index is 1.63. The van der Waals surface area contributed by atoms with Crippen LogP contribution in [0.15, 0.2) is 18.2 Å². The molecule has 3 rings (SSSR count). The molecule has 1 unspecified atom stereocenters. The number of fused-ring (bicyclic) bond motifs is 1. The standard InChI is InChI=1S/C15H21NO3/c1-2-16(8-11-3-4-11)9-13(17)12-5-6-14-15(7-12)19-10-18-14/h5-7,11,13,17H,2-4,8-10H2,1H3. The molecule has 0 aromatic heterocycles. The minimum absolute atomic E-state index is 0.275. The van der Waals surface area contributed by atoms with Crippen LogP contribution in [-0.4, -0.2) is 36.4 Å². The molecule has 1 heterocycles. The average Bonchev–Trinajstić information content (AvgIpc) is 3.11. The molecule has 1 fully saturated rings. The minimum Gasteiger partial charge on any atom is -0.454 e. The summed E-state index contributed by atoms with van der Waals surface area (Å²) in [7, 11) is 0. The first-order chi connectivity index (χ1) is 9.26. The molecule has 1 saturated carbocycles. The molecule has 2 aliphatic rings. The number of ether oxygens (including phenoxy) is 2. The molecule has 0 spiro atoms. The zero-order chi connectivity index (χ0) is 13.2. The van der Waals surface area contributed by atoms with Gasteiger partial charge in [-0.2, -0.15) is 0 Å². The van der Waals surface area contributed by atoms with Gasteiger partial charge in [0, 0.05) is 13.1 Å². The fourth-order valence-electron chi connectivity index (χ4n) is 2.47. The Bertz CT molecular complexity index is 445. The van der Waals surface area contributed by atoms with Crippen LogP contribution in [0.25, 0.3) is 0 Å². The normalized spacial score (nSPS) is 18.9. The van der Waals surface area contributed by atoms with Crippen LogP contribution in [0, 0.1) is 5.92 Å². The van der Waals surface area contributed by atoms with Crippen molar-refractivity contribution in [3.05, 3.63) is 23.8 Å². The summed E-state index contributed by atoms with van der Waals surface area (Å²) in [6.07, 6.45) is 2.22. The van der Waals surface area contributed by atoms with Crippen LogP contribution in [0.1, 0.15) is 31.4 Å². The van der Waals surface area contributed by atoms with Gasteiger partial charge in [-0.15, -0.1) is 0 Å². The molecule has 0 radical (unpaired) electrons. The number of aliphatic hydroxyl groups is 1. The molecular weight excluding hydrogens is 242 g/mol. The molecular formula is C15H21NO3. The van der Waals surface area contributed by atoms with E-state index in [1.54, 1.807) is 0 Å². The summed E-state index contributed by atoms with van der Waals surface area (Å²) in [6, 6.07) is 5.68. The second-order valence-corrected chi connectivity index (χ2v) is 5.42. The zero-order valence-corrected chi connectivity index (χ0v) is 11.3. The van der Waals surface area contributed by atoms with E-state index in [2.05, 4.69) is 11.8 Å². The van der Waals surface area contributed by atoms with E-state index in [4.69, 9.17) is 9.47 Å². The maximum atomic E-state index is 10.3. The van der Waals surface area contributed by atoms with Gasteiger partial charge in [0.2, 0.25) is 6.79 Å². The largest absolute Gasteiger partial charge is 0.454 e. The highest BCUT2D eigenvalue weighted by Gasteiger charge is 2.25. The van der Waals surface area contributed by atoms with E-state index in [1.165, 1.54) is 12.8 Å². The van der Waals surface area contributed by atoms with Gasteiger partial charge in [-0.1, -0.05) is 13.0 Å². The highest BCUT2D eigenvalue weighted by molar-refractivity contribution is 5.45. The number of likely N-dealkylation sites (N-methyl/N-ethyl adjacent to an activating group) is 1. The van der Waals surface area contributed by atoms with Crippen LogP contribution in [0.4, 0.5) is 0 Å². The Morgan fingerprint density at radius 3 is 2.84 bits per heavy atom. The number of nitrogens with zero attached hydrogens (tertiary/aromatic N) is 1. The molecule has 4 heteroatoms. The van der Waals surface area contributed by atoms with Crippen LogP contribution < -0.4 is 9.47 Å². The van der Waals surface area contributed by atoms with E-state index >= 15 is 0 Å². The molecule has 1 atom stereocenters. The van der Waals surface area contributed by atoms with Gasteiger partial charge in [0.05, 0.1) is 6.10 Å². The van der Waals surface area contributed by atoms with Crippen molar-refractivity contribution in [1.82, 2.24) is 4.90 Å². The van der Waals surface area contributed by atoms with Crippen molar-refractivity contribution in [3.8, 4) is 11.5 Å².